The van der Waals surface area contributed by atoms with Crippen LogP contribution in [0.2, 0.25) is 0 Å². The predicted molar refractivity (Wildman–Crippen MR) is 158 cm³/mol. The Hall–Kier alpha value is -1.86. The molecular weight excluding hydrogens is 685 g/mol. The Kier molecular flexibility index (Phi) is 16.3. The maximum Gasteiger partial charge on any atom is 0.306 e. The smallest absolute Gasteiger partial charge is 0.306 e. The Labute approximate surface area is 281 Å². The van der Waals surface area contributed by atoms with Crippen molar-refractivity contribution in [3.05, 3.63) is 0 Å². The lowest BCUT2D eigenvalue weighted by atomic mass is 9.96. The summed E-state index contributed by atoms with van der Waals surface area (Å²) in [5.74, 6) is -2.99. The van der Waals surface area contributed by atoms with Crippen molar-refractivity contribution in [1.82, 2.24) is 0 Å². The Bertz CT molecular complexity index is 1060. The van der Waals surface area contributed by atoms with Crippen LogP contribution in [0.3, 0.4) is 0 Å². The van der Waals surface area contributed by atoms with Crippen LogP contribution in [0.5, 0.6) is 0 Å². The number of rotatable bonds is 15. The van der Waals surface area contributed by atoms with E-state index in [2.05, 4.69) is 0 Å². The second kappa shape index (κ2) is 18.6. The third kappa shape index (κ3) is 11.4. The molecular formula is C27H40Cl3NO15. The Balaban J connectivity index is 2.47. The van der Waals surface area contributed by atoms with E-state index >= 15 is 0 Å². The van der Waals surface area contributed by atoms with Crippen LogP contribution in [-0.4, -0.2) is 136 Å². The third-order valence-electron chi connectivity index (χ3n) is 6.90. The summed E-state index contributed by atoms with van der Waals surface area (Å²) in [6, 6.07) is 0. The van der Waals surface area contributed by atoms with Gasteiger partial charge in [-0.25, -0.2) is 0 Å². The highest BCUT2D eigenvalue weighted by Gasteiger charge is 2.55. The lowest BCUT2D eigenvalue weighted by Crippen LogP contribution is -2.66. The van der Waals surface area contributed by atoms with Crippen LogP contribution in [0.15, 0.2) is 0 Å². The first-order valence-electron chi connectivity index (χ1n) is 13.9. The van der Waals surface area contributed by atoms with Gasteiger partial charge in [0.1, 0.15) is 61.7 Å². The summed E-state index contributed by atoms with van der Waals surface area (Å²) in [5, 5.41) is 8.01. The zero-order chi connectivity index (χ0) is 34.8. The van der Waals surface area contributed by atoms with Gasteiger partial charge in [0, 0.05) is 48.7 Å². The minimum absolute atomic E-state index is 0.0472. The number of hydrogen-bond acceptors (Lipinski definition) is 16. The molecule has 2 rings (SSSR count). The molecule has 1 N–H and O–H groups in total. The maximum absolute atomic E-state index is 12.6. The van der Waals surface area contributed by atoms with Crippen molar-refractivity contribution in [3.8, 4) is 0 Å². The summed E-state index contributed by atoms with van der Waals surface area (Å²) < 4.78 is 60.4. The lowest BCUT2D eigenvalue weighted by Gasteiger charge is -2.49. The van der Waals surface area contributed by atoms with Gasteiger partial charge in [-0.15, -0.1) is 0 Å². The molecule has 0 radical (unpaired) electrons. The molecule has 19 heteroatoms. The molecule has 0 aromatic heterocycles. The van der Waals surface area contributed by atoms with Gasteiger partial charge in [-0.05, 0) is 6.92 Å². The number of halogens is 3. The molecule has 0 amide bonds. The number of ether oxygens (including phenoxy) is 11. The Morgan fingerprint density at radius 3 is 1.57 bits per heavy atom. The van der Waals surface area contributed by atoms with E-state index in [-0.39, 0.29) is 31.8 Å². The summed E-state index contributed by atoms with van der Waals surface area (Å²) in [6.45, 7) is 2.94. The molecule has 0 bridgehead atoms. The highest BCUT2D eigenvalue weighted by Crippen LogP contribution is 2.36. The van der Waals surface area contributed by atoms with Crippen LogP contribution in [0.1, 0.15) is 33.6 Å². The summed E-state index contributed by atoms with van der Waals surface area (Å²) in [7, 11) is 5.33. The number of carbonyl (C=O) groups is 4. The molecule has 16 nitrogen and oxygen atoms in total. The van der Waals surface area contributed by atoms with Crippen molar-refractivity contribution >= 4 is 64.4 Å². The highest BCUT2D eigenvalue weighted by molar-refractivity contribution is 6.76. The second-order valence-electron chi connectivity index (χ2n) is 10.2. The number of carbonyl (C=O) groups excluding carboxylic acids is 4. The lowest BCUT2D eigenvalue weighted by molar-refractivity contribution is -0.360. The second-order valence-corrected chi connectivity index (χ2v) is 12.5. The molecule has 0 aromatic carbocycles. The molecule has 0 aromatic rings. The van der Waals surface area contributed by atoms with Crippen molar-refractivity contribution in [2.75, 3.05) is 41.7 Å². The van der Waals surface area contributed by atoms with E-state index in [0.717, 1.165) is 0 Å². The molecule has 0 aliphatic carbocycles. The van der Waals surface area contributed by atoms with Gasteiger partial charge < -0.3 is 56.9 Å². The van der Waals surface area contributed by atoms with E-state index in [1.54, 1.807) is 0 Å². The standard InChI is InChI=1S/C27H40Cl3NO15/c1-12(32)8-9-17(35)44-18-15(10-40-13(2)33)42-24(22(38-6)20(18)36-4)45-19-16(11-41-14(3)34)43-25(23(39-7)21(19)37-5)46-26(31)27(28,29)30/h15-16,18-25,31H,8-11H2,1-7H3/t15-,16-,18-,19-,20+,21+,22-,23-,24-,25?/m1/s1. The third-order valence-corrected chi connectivity index (χ3v) is 7.42. The van der Waals surface area contributed by atoms with E-state index in [4.69, 9.17) is 92.3 Å². The molecule has 46 heavy (non-hydrogen) atoms. The molecule has 1 unspecified atom stereocenters. The largest absolute Gasteiger partial charge is 0.463 e. The topological polar surface area (TPSA) is 194 Å². The van der Waals surface area contributed by atoms with Gasteiger partial charge in [0.15, 0.2) is 12.4 Å². The number of esters is 3. The van der Waals surface area contributed by atoms with Crippen LogP contribution in [-0.2, 0) is 71.3 Å². The zero-order valence-corrected chi connectivity index (χ0v) is 28.6. The monoisotopic (exact) mass is 723 g/mol. The van der Waals surface area contributed by atoms with Crippen molar-refractivity contribution in [2.24, 2.45) is 0 Å². The van der Waals surface area contributed by atoms with E-state index in [1.165, 1.54) is 49.2 Å². The summed E-state index contributed by atoms with van der Waals surface area (Å²) >= 11 is 17.4. The number of hydrogen-bond donors (Lipinski definition) is 1. The number of nitrogens with one attached hydrogen (secondary N) is 1. The van der Waals surface area contributed by atoms with Gasteiger partial charge in [0.05, 0.1) is 6.42 Å². The molecule has 0 saturated carbocycles. The van der Waals surface area contributed by atoms with E-state index in [9.17, 15) is 19.2 Å². The first-order chi connectivity index (χ1) is 21.6. The van der Waals surface area contributed by atoms with Gasteiger partial charge in [0.2, 0.25) is 12.2 Å². The molecule has 10 atom stereocenters. The Morgan fingerprint density at radius 2 is 1.11 bits per heavy atom. The van der Waals surface area contributed by atoms with Crippen LogP contribution >= 0.6 is 34.8 Å². The van der Waals surface area contributed by atoms with Crippen molar-refractivity contribution < 1.29 is 71.3 Å². The quantitative estimate of drug-likeness (QED) is 0.0842. The summed E-state index contributed by atoms with van der Waals surface area (Å²) in [4.78, 5) is 47.5. The Morgan fingerprint density at radius 1 is 0.652 bits per heavy atom. The van der Waals surface area contributed by atoms with Gasteiger partial charge in [0.25, 0.3) is 3.79 Å². The summed E-state index contributed by atoms with van der Waals surface area (Å²) in [5.41, 5.74) is 0. The van der Waals surface area contributed by atoms with Gasteiger partial charge in [-0.1, -0.05) is 34.8 Å². The molecule has 2 saturated heterocycles. The zero-order valence-electron chi connectivity index (χ0n) is 26.4. The number of alkyl halides is 3. The fourth-order valence-electron chi connectivity index (χ4n) is 4.79. The van der Waals surface area contributed by atoms with Crippen molar-refractivity contribution in [3.63, 3.8) is 0 Å². The highest BCUT2D eigenvalue weighted by atomic mass is 35.6. The normalized spacial score (nSPS) is 31.4. The molecule has 2 fully saturated rings. The summed E-state index contributed by atoms with van der Waals surface area (Å²) in [6.07, 6.45) is -11.9. The molecule has 2 heterocycles. The first kappa shape index (κ1) is 40.3. The van der Waals surface area contributed by atoms with Crippen molar-refractivity contribution in [1.29, 1.82) is 5.41 Å². The number of Topliss-reactive ketones (excluding diaryl/α,β-unsaturated/α-hetero) is 1. The minimum atomic E-state index is -2.23. The fourth-order valence-corrected chi connectivity index (χ4v) is 4.93. The average molecular weight is 725 g/mol. The van der Waals surface area contributed by atoms with Crippen LogP contribution in [0.4, 0.5) is 0 Å². The average Bonchev–Trinajstić information content (AvgIpc) is 2.98. The van der Waals surface area contributed by atoms with E-state index in [1.807, 2.05) is 0 Å². The molecule has 2 aliphatic heterocycles. The minimum Gasteiger partial charge on any atom is -0.463 e. The van der Waals surface area contributed by atoms with Crippen LogP contribution in [0.25, 0.3) is 0 Å². The van der Waals surface area contributed by atoms with Crippen LogP contribution < -0.4 is 0 Å². The molecule has 2 aliphatic rings. The SMILES string of the molecule is CO[C@@H]1[C@@H](OC)[C@@H](O[C@H]2[C@H](OC)[C@@H](OC)C(OC(=N)C(Cl)(Cl)Cl)O[C@@H]2COC(C)=O)O[C@H](COC(C)=O)[C@H]1OC(=O)CCC(C)=O. The molecule has 0 spiro atoms. The molecule has 264 valence electrons. The fraction of sp³-hybridized carbons (Fsp3) is 0.815. The van der Waals surface area contributed by atoms with E-state index < -0.39 is 89.0 Å². The number of methoxy groups -OCH3 is 4. The van der Waals surface area contributed by atoms with E-state index in [0.29, 0.717) is 0 Å². The first-order valence-corrected chi connectivity index (χ1v) is 15.1. The van der Waals surface area contributed by atoms with Gasteiger partial charge >= 0.3 is 17.9 Å². The predicted octanol–water partition coefficient (Wildman–Crippen LogP) is 1.65. The van der Waals surface area contributed by atoms with Crippen LogP contribution in [0, 0.1) is 5.41 Å². The van der Waals surface area contributed by atoms with Gasteiger partial charge in [-0.3, -0.25) is 19.8 Å². The van der Waals surface area contributed by atoms with Gasteiger partial charge in [-0.2, -0.15) is 0 Å². The number of ketones is 1. The van der Waals surface area contributed by atoms with Crippen molar-refractivity contribution in [2.45, 2.75) is 98.8 Å². The maximum atomic E-state index is 12.6.